The molecule has 278 valence electrons. The highest BCUT2D eigenvalue weighted by Gasteiger charge is 2.63. The average molecular weight is 744 g/mol. The van der Waals surface area contributed by atoms with E-state index in [1.165, 1.54) is 4.90 Å². The summed E-state index contributed by atoms with van der Waals surface area (Å²) < 4.78 is 20.7. The zero-order valence-corrected chi connectivity index (χ0v) is 32.1. The van der Waals surface area contributed by atoms with Crippen LogP contribution in [0.25, 0.3) is 0 Å². The van der Waals surface area contributed by atoms with Gasteiger partial charge in [0.15, 0.2) is 0 Å². The Labute approximate surface area is 317 Å². The smallest absolute Gasteiger partial charge is 0.230 e. The Morgan fingerprint density at radius 3 is 2.42 bits per heavy atom. The summed E-state index contributed by atoms with van der Waals surface area (Å²) in [6.07, 6.45) is 12.2. The predicted octanol–water partition coefficient (Wildman–Crippen LogP) is 9.79. The molecule has 9 heteroatoms. The summed E-state index contributed by atoms with van der Waals surface area (Å²) in [6, 6.07) is 24.5. The number of nitrogens with zero attached hydrogens (tertiary/aromatic N) is 1. The molecule has 0 aromatic heterocycles. The number of thioether (sulfide) groups is 2. The van der Waals surface area contributed by atoms with E-state index in [0.29, 0.717) is 19.6 Å². The van der Waals surface area contributed by atoms with Crippen molar-refractivity contribution < 1.29 is 29.3 Å². The number of aliphatic hydroxyl groups excluding tert-OH is 2. The number of oxime groups is 1. The number of hydrogen-bond donors (Lipinski definition) is 2. The SMILES string of the molecule is C=CCOC12Oc3ccc(Oc4ccc(SC)cc4)cc3C3C(CCCCO)C(CCCCO)C=C(C(=NOCc4ccccc4)CC1SCC)C32. The second kappa shape index (κ2) is 18.7. The van der Waals surface area contributed by atoms with Gasteiger partial charge in [-0.15, -0.1) is 18.3 Å². The molecule has 52 heavy (non-hydrogen) atoms. The van der Waals surface area contributed by atoms with Crippen molar-refractivity contribution in [3.63, 3.8) is 0 Å². The molecule has 3 aliphatic rings. The monoisotopic (exact) mass is 743 g/mol. The molecule has 3 aromatic rings. The Balaban J connectivity index is 1.49. The summed E-state index contributed by atoms with van der Waals surface area (Å²) in [5, 5.41) is 24.5. The fraction of sp³-hybridized carbons (Fsp3) is 0.465. The van der Waals surface area contributed by atoms with E-state index in [1.807, 2.05) is 54.2 Å². The molecule has 1 heterocycles. The number of aliphatic hydroxyl groups is 2. The minimum absolute atomic E-state index is 0.0216. The van der Waals surface area contributed by atoms with E-state index in [1.54, 1.807) is 11.8 Å². The molecule has 3 aromatic carbocycles. The van der Waals surface area contributed by atoms with Crippen molar-refractivity contribution in [2.45, 2.75) is 80.3 Å². The number of ether oxygens (including phenoxy) is 3. The Hall–Kier alpha value is -3.21. The molecule has 6 rings (SSSR count). The van der Waals surface area contributed by atoms with E-state index in [9.17, 15) is 10.2 Å². The number of fused-ring (bicyclic) bond motifs is 2. The van der Waals surface area contributed by atoms with Crippen molar-refractivity contribution in [3.05, 3.63) is 108 Å². The number of rotatable bonds is 19. The van der Waals surface area contributed by atoms with Gasteiger partial charge in [0.05, 0.1) is 23.5 Å². The minimum atomic E-state index is -0.960. The molecule has 0 amide bonds. The Morgan fingerprint density at radius 2 is 1.71 bits per heavy atom. The summed E-state index contributed by atoms with van der Waals surface area (Å²) in [4.78, 5) is 7.32. The summed E-state index contributed by atoms with van der Waals surface area (Å²) in [7, 11) is 0. The third-order valence-electron chi connectivity index (χ3n) is 10.5. The molecule has 0 bridgehead atoms. The van der Waals surface area contributed by atoms with E-state index >= 15 is 0 Å². The molecule has 0 spiro atoms. The summed E-state index contributed by atoms with van der Waals surface area (Å²) in [5.41, 5.74) is 4.26. The van der Waals surface area contributed by atoms with Crippen LogP contribution in [0.4, 0.5) is 0 Å². The fourth-order valence-corrected chi connectivity index (χ4v) is 9.86. The maximum Gasteiger partial charge on any atom is 0.230 e. The highest BCUT2D eigenvalue weighted by molar-refractivity contribution is 8.00. The van der Waals surface area contributed by atoms with E-state index in [0.717, 1.165) is 83.9 Å². The Bertz CT molecular complexity index is 1660. The van der Waals surface area contributed by atoms with Crippen LogP contribution in [0.2, 0.25) is 0 Å². The quantitative estimate of drug-likeness (QED) is 0.0543. The first-order valence-electron chi connectivity index (χ1n) is 18.7. The molecular weight excluding hydrogens is 691 g/mol. The van der Waals surface area contributed by atoms with Gasteiger partial charge in [-0.05, 0) is 103 Å². The average Bonchev–Trinajstić information content (AvgIpc) is 3.17. The molecule has 2 N–H and O–H groups in total. The van der Waals surface area contributed by atoms with Crippen molar-refractivity contribution in [2.24, 2.45) is 22.9 Å². The Kier molecular flexibility index (Phi) is 13.9. The molecule has 6 unspecified atom stereocenters. The molecule has 6 atom stereocenters. The molecule has 7 nitrogen and oxygen atoms in total. The third kappa shape index (κ3) is 8.60. The second-order valence-corrected chi connectivity index (χ2v) is 16.1. The number of hydrogen-bond acceptors (Lipinski definition) is 9. The van der Waals surface area contributed by atoms with Gasteiger partial charge in [0, 0.05) is 36.0 Å². The summed E-state index contributed by atoms with van der Waals surface area (Å²) in [6.45, 7) is 7.29. The van der Waals surface area contributed by atoms with Crippen molar-refractivity contribution in [1.29, 1.82) is 0 Å². The first-order chi connectivity index (χ1) is 25.5. The first-order valence-corrected chi connectivity index (χ1v) is 21.0. The molecule has 1 saturated carbocycles. The van der Waals surface area contributed by atoms with E-state index < -0.39 is 5.79 Å². The normalized spacial score (nSPS) is 25.4. The van der Waals surface area contributed by atoms with Gasteiger partial charge in [-0.3, -0.25) is 0 Å². The molecular formula is C43H53NO6S2. The maximum atomic E-state index is 9.86. The maximum absolute atomic E-state index is 9.86. The van der Waals surface area contributed by atoms with Crippen LogP contribution in [-0.4, -0.2) is 58.8 Å². The largest absolute Gasteiger partial charge is 0.460 e. The van der Waals surface area contributed by atoms with E-state index in [4.69, 9.17) is 24.2 Å². The van der Waals surface area contributed by atoms with E-state index in [-0.39, 0.29) is 42.1 Å². The standard InChI is InChI=1S/C43H53NO6S2/c1-4-25-47-43-40(52-5-2)28-38(44-48-29-30-13-7-6-8-14-30)36-26-31(15-9-11-23-45)35(16-10-12-24-46)41(42(36)43)37-27-33(19-22-39(37)50-43)49-32-17-20-34(51-3)21-18-32/h4,6-8,13-14,17-22,26-27,31,35,40-42,45-46H,1,5,9-12,15-16,23-25,28-29H2,2-3H3. The lowest BCUT2D eigenvalue weighted by molar-refractivity contribution is -0.223. The van der Waals surface area contributed by atoms with Crippen molar-refractivity contribution >= 4 is 29.2 Å². The number of unbranched alkanes of at least 4 members (excludes halogenated alkanes) is 2. The molecule has 0 saturated heterocycles. The highest BCUT2D eigenvalue weighted by atomic mass is 32.2. The van der Waals surface area contributed by atoms with Gasteiger partial charge >= 0.3 is 0 Å². The van der Waals surface area contributed by atoms with Crippen LogP contribution in [0.1, 0.15) is 68.9 Å². The zero-order chi connectivity index (χ0) is 36.3. The third-order valence-corrected chi connectivity index (χ3v) is 12.5. The van der Waals surface area contributed by atoms with Gasteiger partial charge in [-0.25, -0.2) is 0 Å². The molecule has 1 fully saturated rings. The first kappa shape index (κ1) is 38.5. The lowest BCUT2D eigenvalue weighted by Crippen LogP contribution is -2.64. The van der Waals surface area contributed by atoms with Gasteiger partial charge in [0.1, 0.15) is 23.9 Å². The topological polar surface area (TPSA) is 89.7 Å². The number of allylic oxidation sites excluding steroid dienone is 1. The molecule has 1 aliphatic heterocycles. The summed E-state index contributed by atoms with van der Waals surface area (Å²) in [5.74, 6) is 2.61. The van der Waals surface area contributed by atoms with Crippen LogP contribution in [0.3, 0.4) is 0 Å². The summed E-state index contributed by atoms with van der Waals surface area (Å²) >= 11 is 3.55. The van der Waals surface area contributed by atoms with Crippen LogP contribution >= 0.6 is 23.5 Å². The predicted molar refractivity (Wildman–Crippen MR) is 213 cm³/mol. The molecule has 0 radical (unpaired) electrons. The van der Waals surface area contributed by atoms with Crippen LogP contribution in [0.5, 0.6) is 17.2 Å². The van der Waals surface area contributed by atoms with Crippen LogP contribution < -0.4 is 9.47 Å². The highest BCUT2D eigenvalue weighted by Crippen LogP contribution is 2.62. The lowest BCUT2D eigenvalue weighted by Gasteiger charge is -2.58. The van der Waals surface area contributed by atoms with E-state index in [2.05, 4.69) is 62.2 Å². The molecule has 2 aliphatic carbocycles. The second-order valence-electron chi connectivity index (χ2n) is 13.7. The van der Waals surface area contributed by atoms with Crippen molar-refractivity contribution in [2.75, 3.05) is 31.8 Å². The van der Waals surface area contributed by atoms with Crippen LogP contribution in [-0.2, 0) is 16.2 Å². The van der Waals surface area contributed by atoms with Gasteiger partial charge < -0.3 is 29.3 Å². The van der Waals surface area contributed by atoms with Crippen molar-refractivity contribution in [3.8, 4) is 17.2 Å². The van der Waals surface area contributed by atoms with Crippen molar-refractivity contribution in [1.82, 2.24) is 0 Å². The van der Waals surface area contributed by atoms with Gasteiger partial charge in [-0.1, -0.05) is 67.4 Å². The van der Waals surface area contributed by atoms with Crippen LogP contribution in [0.15, 0.2) is 107 Å². The fourth-order valence-electron chi connectivity index (χ4n) is 8.28. The zero-order valence-electron chi connectivity index (χ0n) is 30.5. The lowest BCUT2D eigenvalue weighted by atomic mass is 9.56. The minimum Gasteiger partial charge on any atom is -0.460 e. The Morgan fingerprint density at radius 1 is 0.962 bits per heavy atom. The van der Waals surface area contributed by atoms with Gasteiger partial charge in [0.25, 0.3) is 0 Å². The van der Waals surface area contributed by atoms with Crippen LogP contribution in [0, 0.1) is 17.8 Å². The number of benzene rings is 3. The van der Waals surface area contributed by atoms with Gasteiger partial charge in [-0.2, -0.15) is 11.8 Å². The van der Waals surface area contributed by atoms with Gasteiger partial charge in [0.2, 0.25) is 5.79 Å².